The van der Waals surface area contributed by atoms with Crippen LogP contribution in [0, 0.1) is 5.92 Å². The van der Waals surface area contributed by atoms with Gasteiger partial charge in [0.1, 0.15) is 0 Å². The zero-order valence-corrected chi connectivity index (χ0v) is 9.32. The largest absolute Gasteiger partial charge is 0.466 e. The van der Waals surface area contributed by atoms with Gasteiger partial charge in [-0.3, -0.25) is 9.79 Å². The van der Waals surface area contributed by atoms with Crippen LogP contribution >= 0.6 is 0 Å². The first-order chi connectivity index (χ1) is 7.22. The molecule has 0 bridgehead atoms. The van der Waals surface area contributed by atoms with E-state index in [4.69, 9.17) is 10.5 Å². The molecule has 0 aromatic heterocycles. The molecule has 4 heteroatoms. The standard InChI is InChI=1S/C11H18N2O2/c1-3-15-11(14)8-4-5-10(13-2)9(6-8)7-12/h7-8H,3-6,12H2,1-2H3/b9-7-,13-10?. The van der Waals surface area contributed by atoms with Gasteiger partial charge in [-0.2, -0.15) is 0 Å². The molecule has 0 saturated heterocycles. The fourth-order valence-corrected chi connectivity index (χ4v) is 1.84. The molecule has 84 valence electrons. The minimum Gasteiger partial charge on any atom is -0.466 e. The van der Waals surface area contributed by atoms with E-state index < -0.39 is 0 Å². The molecular weight excluding hydrogens is 192 g/mol. The lowest BCUT2D eigenvalue weighted by atomic mass is 9.84. The molecule has 15 heavy (non-hydrogen) atoms. The number of ether oxygens (including phenoxy) is 1. The Balaban J connectivity index is 2.65. The maximum absolute atomic E-state index is 11.5. The van der Waals surface area contributed by atoms with Crippen LogP contribution in [0.1, 0.15) is 26.2 Å². The third-order valence-electron chi connectivity index (χ3n) is 2.66. The van der Waals surface area contributed by atoms with Crippen molar-refractivity contribution in [2.24, 2.45) is 16.6 Å². The van der Waals surface area contributed by atoms with E-state index in [1.54, 1.807) is 13.2 Å². The first kappa shape index (κ1) is 11.8. The number of hydrogen-bond acceptors (Lipinski definition) is 4. The van der Waals surface area contributed by atoms with Crippen molar-refractivity contribution in [2.45, 2.75) is 26.2 Å². The topological polar surface area (TPSA) is 64.7 Å². The van der Waals surface area contributed by atoms with Crippen molar-refractivity contribution in [1.29, 1.82) is 0 Å². The van der Waals surface area contributed by atoms with Gasteiger partial charge in [0, 0.05) is 12.8 Å². The van der Waals surface area contributed by atoms with Crippen LogP contribution in [0.4, 0.5) is 0 Å². The Morgan fingerprint density at radius 3 is 3.00 bits per heavy atom. The molecule has 4 nitrogen and oxygen atoms in total. The summed E-state index contributed by atoms with van der Waals surface area (Å²) in [6.45, 7) is 2.26. The van der Waals surface area contributed by atoms with Gasteiger partial charge in [0.15, 0.2) is 0 Å². The number of aliphatic imine (C=N–C) groups is 1. The molecule has 1 aliphatic rings. The molecule has 1 saturated carbocycles. The molecule has 0 spiro atoms. The fraction of sp³-hybridized carbons (Fsp3) is 0.636. The number of allylic oxidation sites excluding steroid dienone is 1. The summed E-state index contributed by atoms with van der Waals surface area (Å²) >= 11 is 0. The van der Waals surface area contributed by atoms with Gasteiger partial charge in [-0.25, -0.2) is 0 Å². The van der Waals surface area contributed by atoms with E-state index >= 15 is 0 Å². The molecule has 0 heterocycles. The third-order valence-corrected chi connectivity index (χ3v) is 2.66. The van der Waals surface area contributed by atoms with Crippen molar-refractivity contribution in [3.05, 3.63) is 11.8 Å². The molecule has 1 aliphatic carbocycles. The van der Waals surface area contributed by atoms with Gasteiger partial charge in [0.2, 0.25) is 0 Å². The van der Waals surface area contributed by atoms with Gasteiger partial charge < -0.3 is 10.5 Å². The molecule has 0 aromatic carbocycles. The summed E-state index contributed by atoms with van der Waals surface area (Å²) in [4.78, 5) is 15.7. The summed E-state index contributed by atoms with van der Waals surface area (Å²) in [6, 6.07) is 0. The van der Waals surface area contributed by atoms with Gasteiger partial charge in [0.05, 0.1) is 12.5 Å². The Kier molecular flexibility index (Phi) is 4.34. The van der Waals surface area contributed by atoms with E-state index in [9.17, 15) is 4.79 Å². The van der Waals surface area contributed by atoms with Crippen LogP contribution in [0.5, 0.6) is 0 Å². The predicted octanol–water partition coefficient (Wildman–Crippen LogP) is 1.26. The number of rotatable bonds is 2. The van der Waals surface area contributed by atoms with Crippen molar-refractivity contribution in [3.63, 3.8) is 0 Å². The maximum Gasteiger partial charge on any atom is 0.309 e. The Morgan fingerprint density at radius 2 is 2.47 bits per heavy atom. The van der Waals surface area contributed by atoms with Crippen LogP contribution in [-0.2, 0) is 9.53 Å². The second kappa shape index (κ2) is 5.53. The number of nitrogens with zero attached hydrogens (tertiary/aromatic N) is 1. The highest BCUT2D eigenvalue weighted by molar-refractivity contribution is 6.01. The number of esters is 1. The zero-order valence-electron chi connectivity index (χ0n) is 9.32. The van der Waals surface area contributed by atoms with Crippen molar-refractivity contribution in [3.8, 4) is 0 Å². The molecule has 1 rings (SSSR count). The van der Waals surface area contributed by atoms with Crippen LogP contribution in [-0.4, -0.2) is 25.3 Å². The van der Waals surface area contributed by atoms with E-state index in [2.05, 4.69) is 4.99 Å². The molecule has 1 fully saturated rings. The molecule has 0 radical (unpaired) electrons. The molecule has 1 atom stereocenters. The lowest BCUT2D eigenvalue weighted by Gasteiger charge is -2.23. The summed E-state index contributed by atoms with van der Waals surface area (Å²) in [5.41, 5.74) is 7.50. The van der Waals surface area contributed by atoms with E-state index in [1.165, 1.54) is 0 Å². The summed E-state index contributed by atoms with van der Waals surface area (Å²) in [7, 11) is 1.75. The van der Waals surface area contributed by atoms with Crippen molar-refractivity contribution in [2.75, 3.05) is 13.7 Å². The van der Waals surface area contributed by atoms with Crippen LogP contribution in [0.2, 0.25) is 0 Å². The summed E-state index contributed by atoms with van der Waals surface area (Å²) < 4.78 is 5.00. The van der Waals surface area contributed by atoms with Crippen molar-refractivity contribution in [1.82, 2.24) is 0 Å². The van der Waals surface area contributed by atoms with Gasteiger partial charge in [-0.15, -0.1) is 0 Å². The van der Waals surface area contributed by atoms with Crippen LogP contribution in [0.15, 0.2) is 16.8 Å². The summed E-state index contributed by atoms with van der Waals surface area (Å²) in [5.74, 6) is -0.169. The molecule has 0 aliphatic heterocycles. The van der Waals surface area contributed by atoms with Gasteiger partial charge >= 0.3 is 5.97 Å². The molecular formula is C11H18N2O2. The molecule has 0 amide bonds. The fourth-order valence-electron chi connectivity index (χ4n) is 1.84. The predicted molar refractivity (Wildman–Crippen MR) is 59.6 cm³/mol. The quantitative estimate of drug-likeness (QED) is 0.698. The number of hydrogen-bond donors (Lipinski definition) is 1. The molecule has 1 unspecified atom stereocenters. The van der Waals surface area contributed by atoms with Crippen LogP contribution in [0.25, 0.3) is 0 Å². The van der Waals surface area contributed by atoms with Gasteiger partial charge in [0.25, 0.3) is 0 Å². The second-order valence-corrected chi connectivity index (χ2v) is 3.55. The minimum absolute atomic E-state index is 0.0507. The SMILES string of the molecule is CCOC(=O)C1CCC(=NC)/C(=C\N)C1. The molecule has 0 aromatic rings. The lowest BCUT2D eigenvalue weighted by Crippen LogP contribution is -2.26. The van der Waals surface area contributed by atoms with Gasteiger partial charge in [-0.05, 0) is 38.0 Å². The lowest BCUT2D eigenvalue weighted by molar-refractivity contribution is -0.148. The summed E-state index contributed by atoms with van der Waals surface area (Å²) in [6.07, 6.45) is 3.82. The summed E-state index contributed by atoms with van der Waals surface area (Å²) in [5, 5.41) is 0. The number of nitrogens with two attached hydrogens (primary N) is 1. The first-order valence-electron chi connectivity index (χ1n) is 5.26. The highest BCUT2D eigenvalue weighted by Crippen LogP contribution is 2.27. The average molecular weight is 210 g/mol. The van der Waals surface area contributed by atoms with Gasteiger partial charge in [-0.1, -0.05) is 0 Å². The van der Waals surface area contributed by atoms with Crippen LogP contribution < -0.4 is 5.73 Å². The number of carbonyl (C=O) groups excluding carboxylic acids is 1. The molecule has 2 N–H and O–H groups in total. The smallest absolute Gasteiger partial charge is 0.309 e. The normalized spacial score (nSPS) is 26.9. The van der Waals surface area contributed by atoms with Crippen molar-refractivity contribution < 1.29 is 9.53 Å². The monoisotopic (exact) mass is 210 g/mol. The second-order valence-electron chi connectivity index (χ2n) is 3.55. The highest BCUT2D eigenvalue weighted by Gasteiger charge is 2.27. The maximum atomic E-state index is 11.5. The number of carbonyl (C=O) groups is 1. The van der Waals surface area contributed by atoms with E-state index in [-0.39, 0.29) is 11.9 Å². The van der Waals surface area contributed by atoms with E-state index in [1.807, 2.05) is 6.92 Å². The zero-order chi connectivity index (χ0) is 11.3. The van der Waals surface area contributed by atoms with E-state index in [0.717, 1.165) is 24.1 Å². The van der Waals surface area contributed by atoms with E-state index in [0.29, 0.717) is 13.0 Å². The Morgan fingerprint density at radius 1 is 1.73 bits per heavy atom. The average Bonchev–Trinajstić information content (AvgIpc) is 2.28. The Bertz CT molecular complexity index is 295. The minimum atomic E-state index is -0.119. The Hall–Kier alpha value is -1.32. The van der Waals surface area contributed by atoms with Crippen molar-refractivity contribution >= 4 is 11.7 Å². The first-order valence-corrected chi connectivity index (χ1v) is 5.26. The highest BCUT2D eigenvalue weighted by atomic mass is 16.5. The Labute approximate surface area is 90.2 Å². The third kappa shape index (κ3) is 2.81. The van der Waals surface area contributed by atoms with Crippen LogP contribution in [0.3, 0.4) is 0 Å².